The van der Waals surface area contributed by atoms with Crippen LogP contribution in [0.3, 0.4) is 0 Å². The van der Waals surface area contributed by atoms with Crippen LogP contribution in [0.1, 0.15) is 33.4 Å². The molecule has 0 fully saturated rings. The highest BCUT2D eigenvalue weighted by Crippen LogP contribution is 2.47. The van der Waals surface area contributed by atoms with E-state index in [1.165, 1.54) is 0 Å². The lowest BCUT2D eigenvalue weighted by Crippen LogP contribution is -2.02. The zero-order valence-electron chi connectivity index (χ0n) is 47.0. The van der Waals surface area contributed by atoms with Crippen molar-refractivity contribution in [1.29, 1.82) is 21.0 Å². The van der Waals surface area contributed by atoms with Gasteiger partial charge in [-0.1, -0.05) is 97.1 Å². The predicted octanol–water partition coefficient (Wildman–Crippen LogP) is 20.7. The Balaban J connectivity index is 1.13. The summed E-state index contributed by atoms with van der Waals surface area (Å²) in [4.78, 5) is 18.9. The molecular formula is C77H39N11. The molecule has 0 bridgehead atoms. The predicted molar refractivity (Wildman–Crippen MR) is 347 cm³/mol. The van der Waals surface area contributed by atoms with E-state index < -0.39 is 0 Å². The fourth-order valence-electron chi connectivity index (χ4n) is 12.4. The van der Waals surface area contributed by atoms with Crippen LogP contribution < -0.4 is 0 Å². The Kier molecular flexibility index (Phi) is 13.2. The summed E-state index contributed by atoms with van der Waals surface area (Å²) in [6.45, 7) is 44.4. The Labute approximate surface area is 506 Å². The molecule has 0 aliphatic heterocycles. The fraction of sp³-hybridized carbons (Fsp3) is 0.0260. The molecule has 402 valence electrons. The molecule has 0 spiro atoms. The maximum absolute atomic E-state index is 10.4. The van der Waals surface area contributed by atoms with E-state index in [-0.39, 0.29) is 0 Å². The SMILES string of the molecule is [C-]#[N+]c1ccc(-c2ccc3c(c2)c2cc(-c4ccc([N+]#[C-])cc4[N+]#[C-])ccc2n3-c2ccc(-c3c(C)cccc3C)cc2-c2cc([N+]#[C-])ccc2-n2c3ccc(-c4ccc(C#N)cc4C#N)cc3c3cc(-c4ccc(C#N)cc4[N+]#[C-])ccc32)c(C#N)c1. The van der Waals surface area contributed by atoms with Gasteiger partial charge in [-0.25, -0.2) is 24.2 Å². The molecular weight excluding hydrogens is 1080 g/mol. The van der Waals surface area contributed by atoms with Gasteiger partial charge in [-0.15, -0.1) is 0 Å². The van der Waals surface area contributed by atoms with Crippen molar-refractivity contribution in [3.05, 3.63) is 291 Å². The standard InChI is InChI=1S/C77H39N11/c1-45-9-8-10-46(2)77(45)53-17-29-75(87-71-26-14-50(60-23-18-56(82-3)33-55(60)44-81)35-64(71)66-37-52(16-28-73(66)87)62-24-19-58(84-5)40-70(62)86-7)67(38-53)68-39-57(83-4)20-30-76(68)88-72-25-13-49(59-21-11-47(41-78)31-54(59)43-80)34-63(72)65-36-51(15-27-74(65)88)61-22-12-48(42-79)32-69(61)85-6/h8-40H,1-2H3. The van der Waals surface area contributed by atoms with E-state index in [4.69, 9.17) is 32.9 Å². The summed E-state index contributed by atoms with van der Waals surface area (Å²) in [5.74, 6) is 0. The monoisotopic (exact) mass is 1120 g/mol. The Morgan fingerprint density at radius 3 is 1.19 bits per heavy atom. The maximum Gasteiger partial charge on any atom is 0.196 e. The third-order valence-electron chi connectivity index (χ3n) is 16.4. The minimum absolute atomic E-state index is 0.329. The van der Waals surface area contributed by atoms with Crippen LogP contribution in [0.5, 0.6) is 0 Å². The number of aromatic nitrogens is 2. The molecule has 0 aliphatic rings. The van der Waals surface area contributed by atoms with E-state index in [1.54, 1.807) is 66.7 Å². The van der Waals surface area contributed by atoms with Crippen molar-refractivity contribution >= 4 is 72.0 Å². The minimum atomic E-state index is 0.329. The van der Waals surface area contributed by atoms with E-state index in [2.05, 4.69) is 126 Å². The molecule has 0 saturated heterocycles. The lowest BCUT2D eigenvalue weighted by atomic mass is 9.91. The van der Waals surface area contributed by atoms with Gasteiger partial charge in [0.2, 0.25) is 0 Å². The van der Waals surface area contributed by atoms with Crippen LogP contribution in [-0.4, -0.2) is 9.13 Å². The summed E-state index contributed by atoms with van der Waals surface area (Å²) in [5, 5.41) is 43.8. The average molecular weight is 1120 g/mol. The molecule has 88 heavy (non-hydrogen) atoms. The van der Waals surface area contributed by atoms with Crippen LogP contribution in [0.25, 0.3) is 146 Å². The molecule has 11 heteroatoms. The van der Waals surface area contributed by atoms with Crippen molar-refractivity contribution in [2.24, 2.45) is 0 Å². The highest BCUT2D eigenvalue weighted by molar-refractivity contribution is 6.15. The smallest absolute Gasteiger partial charge is 0.196 e. The molecule has 2 aromatic heterocycles. The summed E-state index contributed by atoms with van der Waals surface area (Å²) < 4.78 is 4.42. The Morgan fingerprint density at radius 2 is 0.705 bits per heavy atom. The molecule has 0 N–H and O–H groups in total. The number of nitriles is 4. The maximum atomic E-state index is 10.4. The zero-order chi connectivity index (χ0) is 60.9. The molecule has 0 unspecified atom stereocenters. The molecule has 11 nitrogen and oxygen atoms in total. The summed E-state index contributed by atoms with van der Waals surface area (Å²) >= 11 is 0. The largest absolute Gasteiger partial charge is 0.309 e. The first kappa shape index (κ1) is 53.7. The first-order valence-electron chi connectivity index (χ1n) is 27.6. The lowest BCUT2D eigenvalue weighted by Gasteiger charge is -2.21. The highest BCUT2D eigenvalue weighted by Gasteiger charge is 2.25. The van der Waals surface area contributed by atoms with Crippen LogP contribution in [0, 0.1) is 92.0 Å². The van der Waals surface area contributed by atoms with E-state index in [0.29, 0.717) is 72.9 Å². The molecule has 0 saturated carbocycles. The molecule has 0 atom stereocenters. The molecule has 0 aliphatic carbocycles. The second-order valence-electron chi connectivity index (χ2n) is 21.2. The van der Waals surface area contributed by atoms with Gasteiger partial charge < -0.3 is 9.13 Å². The van der Waals surface area contributed by atoms with Gasteiger partial charge in [-0.3, -0.25) is 0 Å². The van der Waals surface area contributed by atoms with Crippen molar-refractivity contribution in [2.45, 2.75) is 13.8 Å². The van der Waals surface area contributed by atoms with E-state index in [9.17, 15) is 21.0 Å². The number of rotatable bonds is 8. The quantitative estimate of drug-likeness (QED) is 0.140. The summed E-state index contributed by atoms with van der Waals surface area (Å²) in [5.41, 5.74) is 19.4. The Morgan fingerprint density at radius 1 is 0.318 bits per heavy atom. The summed E-state index contributed by atoms with van der Waals surface area (Å²) in [6.07, 6.45) is 0. The number of benzene rings is 11. The van der Waals surface area contributed by atoms with Crippen molar-refractivity contribution in [3.8, 4) is 102 Å². The third-order valence-corrected chi connectivity index (χ3v) is 16.4. The lowest BCUT2D eigenvalue weighted by molar-refractivity contribution is 1.16. The van der Waals surface area contributed by atoms with Crippen LogP contribution in [0.15, 0.2) is 200 Å². The normalized spacial score (nSPS) is 10.7. The number of nitrogens with zero attached hydrogens (tertiary/aromatic N) is 11. The molecule has 13 rings (SSSR count). The van der Waals surface area contributed by atoms with Crippen molar-refractivity contribution < 1.29 is 0 Å². The Bertz CT molecular complexity index is 5380. The van der Waals surface area contributed by atoms with Gasteiger partial charge in [0.25, 0.3) is 0 Å². The van der Waals surface area contributed by atoms with Gasteiger partial charge in [-0.05, 0) is 189 Å². The van der Waals surface area contributed by atoms with Gasteiger partial charge in [-0.2, -0.15) is 21.0 Å². The van der Waals surface area contributed by atoms with Gasteiger partial charge in [0, 0.05) is 38.2 Å². The molecule has 11 aromatic carbocycles. The minimum Gasteiger partial charge on any atom is -0.309 e. The molecule has 13 aromatic rings. The molecule has 0 radical (unpaired) electrons. The van der Waals surface area contributed by atoms with Gasteiger partial charge in [0.05, 0.1) is 102 Å². The zero-order valence-corrected chi connectivity index (χ0v) is 47.0. The van der Waals surface area contributed by atoms with E-state index in [0.717, 1.165) is 111 Å². The van der Waals surface area contributed by atoms with Crippen LogP contribution in [0.2, 0.25) is 0 Å². The second-order valence-corrected chi connectivity index (χ2v) is 21.2. The highest BCUT2D eigenvalue weighted by atomic mass is 15.0. The third kappa shape index (κ3) is 8.84. The van der Waals surface area contributed by atoms with Gasteiger partial charge in [0.15, 0.2) is 28.4 Å². The topological polar surface area (TPSA) is 127 Å². The second kappa shape index (κ2) is 21.6. The Hall–Kier alpha value is -13.6. The average Bonchev–Trinajstić information content (AvgIpc) is 1.86. The number of fused-ring (bicyclic) bond motifs is 6. The summed E-state index contributed by atoms with van der Waals surface area (Å²) in [6, 6.07) is 72.1. The van der Waals surface area contributed by atoms with Gasteiger partial charge >= 0.3 is 0 Å². The van der Waals surface area contributed by atoms with Gasteiger partial charge in [0.1, 0.15) is 0 Å². The van der Waals surface area contributed by atoms with Crippen molar-refractivity contribution in [3.63, 3.8) is 0 Å². The number of aryl methyl sites for hydroxylation is 2. The first-order valence-corrected chi connectivity index (χ1v) is 27.6. The fourth-order valence-corrected chi connectivity index (χ4v) is 12.4. The number of hydrogen-bond acceptors (Lipinski definition) is 4. The number of hydrogen-bond donors (Lipinski definition) is 0. The van der Waals surface area contributed by atoms with Crippen molar-refractivity contribution in [2.75, 3.05) is 0 Å². The van der Waals surface area contributed by atoms with Crippen LogP contribution >= 0.6 is 0 Å². The first-order chi connectivity index (χ1) is 43.0. The van der Waals surface area contributed by atoms with Crippen LogP contribution in [-0.2, 0) is 0 Å². The molecule has 0 amide bonds. The summed E-state index contributed by atoms with van der Waals surface area (Å²) in [7, 11) is 0. The van der Waals surface area contributed by atoms with E-state index >= 15 is 0 Å². The van der Waals surface area contributed by atoms with Crippen LogP contribution in [0.4, 0.5) is 28.4 Å². The van der Waals surface area contributed by atoms with Crippen molar-refractivity contribution in [1.82, 2.24) is 9.13 Å². The van der Waals surface area contributed by atoms with E-state index in [1.807, 2.05) is 78.9 Å². The molecule has 2 heterocycles.